The lowest BCUT2D eigenvalue weighted by Crippen LogP contribution is -1.94. The van der Waals surface area contributed by atoms with Crippen LogP contribution in [0.1, 0.15) is 11.1 Å². The van der Waals surface area contributed by atoms with Gasteiger partial charge < -0.3 is 14.2 Å². The third-order valence-electron chi connectivity index (χ3n) is 4.17. The highest BCUT2D eigenvalue weighted by atomic mass is 79.9. The Kier molecular flexibility index (Phi) is 6.50. The Morgan fingerprint density at radius 3 is 1.93 bits per heavy atom. The largest absolute Gasteiger partial charge is 0.496 e. The van der Waals surface area contributed by atoms with Gasteiger partial charge in [-0.2, -0.15) is 0 Å². The lowest BCUT2D eigenvalue weighted by Gasteiger charge is -2.13. The highest BCUT2D eigenvalue weighted by Crippen LogP contribution is 2.37. The van der Waals surface area contributed by atoms with E-state index in [0.717, 1.165) is 35.3 Å². The van der Waals surface area contributed by atoms with E-state index in [-0.39, 0.29) is 0 Å². The fraction of sp³-hybridized carbons (Fsp3) is 0.143. The zero-order chi connectivity index (χ0) is 19.6. The number of hydrogen-bond acceptors (Lipinski definition) is 3. The number of fused-ring (bicyclic) bond motifs is 1. The molecule has 0 fully saturated rings. The molecule has 27 heavy (non-hydrogen) atoms. The van der Waals surface area contributed by atoms with Crippen LogP contribution < -0.4 is 14.2 Å². The second-order valence-electron chi connectivity index (χ2n) is 5.76. The van der Waals surface area contributed by atoms with Crippen LogP contribution in [0.2, 0.25) is 0 Å². The van der Waals surface area contributed by atoms with Crippen molar-refractivity contribution in [3.8, 4) is 17.2 Å². The minimum Gasteiger partial charge on any atom is -0.496 e. The Labute approximate surface area is 183 Å². The molecule has 3 aromatic rings. The molecule has 0 heterocycles. The molecule has 0 atom stereocenters. The molecule has 3 nitrogen and oxygen atoms in total. The maximum atomic E-state index is 5.53. The first-order chi connectivity index (χ1) is 13.0. The summed E-state index contributed by atoms with van der Waals surface area (Å²) in [7, 11) is 4.89. The van der Waals surface area contributed by atoms with Crippen LogP contribution in [-0.2, 0) is 0 Å². The molecule has 0 aliphatic rings. The predicted molar refractivity (Wildman–Crippen MR) is 122 cm³/mol. The highest BCUT2D eigenvalue weighted by molar-refractivity contribution is 9.13. The minimum atomic E-state index is 0.683. The SMILES string of the molecule is COc1cc(OC)c(/C=C/c2cc(Br)cc3cc(Br)c(Br)cc23)c(OC)c1. The van der Waals surface area contributed by atoms with Crippen molar-refractivity contribution in [2.45, 2.75) is 0 Å². The van der Waals surface area contributed by atoms with Crippen molar-refractivity contribution in [3.63, 3.8) is 0 Å². The molecule has 0 N–H and O–H groups in total. The van der Waals surface area contributed by atoms with Crippen LogP contribution in [0.4, 0.5) is 0 Å². The molecule has 0 aliphatic heterocycles. The molecule has 0 unspecified atom stereocenters. The summed E-state index contributed by atoms with van der Waals surface area (Å²) in [6.07, 6.45) is 4.05. The van der Waals surface area contributed by atoms with E-state index in [4.69, 9.17) is 14.2 Å². The van der Waals surface area contributed by atoms with E-state index in [9.17, 15) is 0 Å². The van der Waals surface area contributed by atoms with Crippen LogP contribution in [0.5, 0.6) is 17.2 Å². The average molecular weight is 557 g/mol. The molecule has 0 saturated heterocycles. The number of rotatable bonds is 5. The molecule has 6 heteroatoms. The van der Waals surface area contributed by atoms with E-state index >= 15 is 0 Å². The van der Waals surface area contributed by atoms with Gasteiger partial charge >= 0.3 is 0 Å². The molecular weight excluding hydrogens is 540 g/mol. The number of benzene rings is 3. The monoisotopic (exact) mass is 554 g/mol. The van der Waals surface area contributed by atoms with Crippen molar-refractivity contribution in [1.82, 2.24) is 0 Å². The molecular formula is C21H17Br3O3. The minimum absolute atomic E-state index is 0.683. The third-order valence-corrected chi connectivity index (χ3v) is 6.48. The van der Waals surface area contributed by atoms with E-state index in [0.29, 0.717) is 17.2 Å². The summed E-state index contributed by atoms with van der Waals surface area (Å²) in [6.45, 7) is 0. The molecule has 0 aromatic heterocycles. The summed E-state index contributed by atoms with van der Waals surface area (Å²) in [5.74, 6) is 2.05. The number of ether oxygens (including phenoxy) is 3. The van der Waals surface area contributed by atoms with E-state index in [1.165, 1.54) is 0 Å². The van der Waals surface area contributed by atoms with Gasteiger partial charge in [-0.05, 0) is 78.5 Å². The zero-order valence-electron chi connectivity index (χ0n) is 15.0. The summed E-state index contributed by atoms with van der Waals surface area (Å²) >= 11 is 10.8. The standard InChI is InChI=1S/C21H17Br3O3/c1-25-15-9-20(26-2)16(21(10-15)27-3)5-4-12-6-14(22)7-13-8-18(23)19(24)11-17(12)13/h4-11H,1-3H3/b5-4+. The van der Waals surface area contributed by atoms with Crippen molar-refractivity contribution < 1.29 is 14.2 Å². The molecule has 0 bridgehead atoms. The fourth-order valence-electron chi connectivity index (χ4n) is 2.86. The van der Waals surface area contributed by atoms with Gasteiger partial charge in [0, 0.05) is 25.6 Å². The number of hydrogen-bond donors (Lipinski definition) is 0. The van der Waals surface area contributed by atoms with Crippen molar-refractivity contribution in [2.24, 2.45) is 0 Å². The van der Waals surface area contributed by atoms with E-state index in [2.05, 4.69) is 78.1 Å². The van der Waals surface area contributed by atoms with Crippen LogP contribution in [0.15, 0.2) is 49.8 Å². The van der Waals surface area contributed by atoms with Crippen molar-refractivity contribution in [3.05, 3.63) is 60.9 Å². The van der Waals surface area contributed by atoms with E-state index in [1.807, 2.05) is 18.2 Å². The maximum Gasteiger partial charge on any atom is 0.133 e. The Balaban J connectivity index is 2.15. The lowest BCUT2D eigenvalue weighted by molar-refractivity contribution is 0.374. The van der Waals surface area contributed by atoms with Crippen LogP contribution in [-0.4, -0.2) is 21.3 Å². The summed E-state index contributed by atoms with van der Waals surface area (Å²) < 4.78 is 19.4. The van der Waals surface area contributed by atoms with Gasteiger partial charge in [0.2, 0.25) is 0 Å². The highest BCUT2D eigenvalue weighted by Gasteiger charge is 2.11. The first kappa shape index (κ1) is 20.2. The number of halogens is 3. The van der Waals surface area contributed by atoms with Gasteiger partial charge in [0.15, 0.2) is 0 Å². The first-order valence-electron chi connectivity index (χ1n) is 8.03. The van der Waals surface area contributed by atoms with Gasteiger partial charge in [0.25, 0.3) is 0 Å². The molecule has 0 aliphatic carbocycles. The Morgan fingerprint density at radius 1 is 0.704 bits per heavy atom. The summed E-state index contributed by atoms with van der Waals surface area (Å²) in [5, 5.41) is 2.27. The second kappa shape index (κ2) is 8.67. The lowest BCUT2D eigenvalue weighted by atomic mass is 10.0. The molecule has 3 aromatic carbocycles. The van der Waals surface area contributed by atoms with Gasteiger partial charge in [-0.3, -0.25) is 0 Å². The van der Waals surface area contributed by atoms with Gasteiger partial charge in [-0.15, -0.1) is 0 Å². The first-order valence-corrected chi connectivity index (χ1v) is 10.4. The van der Waals surface area contributed by atoms with Crippen molar-refractivity contribution in [1.29, 1.82) is 0 Å². The summed E-state index contributed by atoms with van der Waals surface area (Å²) in [6, 6.07) is 12.1. The summed E-state index contributed by atoms with van der Waals surface area (Å²) in [4.78, 5) is 0. The van der Waals surface area contributed by atoms with Crippen LogP contribution in [0.25, 0.3) is 22.9 Å². The van der Waals surface area contributed by atoms with Crippen LogP contribution in [0.3, 0.4) is 0 Å². The molecule has 0 saturated carbocycles. The van der Waals surface area contributed by atoms with Crippen LogP contribution >= 0.6 is 47.8 Å². The third kappa shape index (κ3) is 4.33. The zero-order valence-corrected chi connectivity index (χ0v) is 19.7. The Bertz CT molecular complexity index is 1000. The van der Waals surface area contributed by atoms with Crippen molar-refractivity contribution in [2.75, 3.05) is 21.3 Å². The molecule has 0 spiro atoms. The quantitative estimate of drug-likeness (QED) is 0.308. The van der Waals surface area contributed by atoms with Gasteiger partial charge in [-0.1, -0.05) is 22.0 Å². The predicted octanol–water partition coefficient (Wildman–Crippen LogP) is 7.32. The maximum absolute atomic E-state index is 5.53. The second-order valence-corrected chi connectivity index (χ2v) is 8.39. The van der Waals surface area contributed by atoms with E-state index < -0.39 is 0 Å². The Hall–Kier alpha value is -1.50. The number of methoxy groups -OCH3 is 3. The average Bonchev–Trinajstić information content (AvgIpc) is 2.66. The van der Waals surface area contributed by atoms with Gasteiger partial charge in [-0.25, -0.2) is 0 Å². The summed E-state index contributed by atoms with van der Waals surface area (Å²) in [5.41, 5.74) is 1.93. The molecule has 0 amide bonds. The van der Waals surface area contributed by atoms with Gasteiger partial charge in [0.1, 0.15) is 17.2 Å². The smallest absolute Gasteiger partial charge is 0.133 e. The normalized spacial score (nSPS) is 11.2. The fourth-order valence-corrected chi connectivity index (χ4v) is 4.05. The molecule has 140 valence electrons. The molecule has 0 radical (unpaired) electrons. The topological polar surface area (TPSA) is 27.7 Å². The van der Waals surface area contributed by atoms with Crippen molar-refractivity contribution >= 4 is 70.7 Å². The molecule has 3 rings (SSSR count). The Morgan fingerprint density at radius 2 is 1.33 bits per heavy atom. The van der Waals surface area contributed by atoms with Gasteiger partial charge in [0.05, 0.1) is 26.9 Å². The van der Waals surface area contributed by atoms with Crippen LogP contribution in [0, 0.1) is 0 Å². The van der Waals surface area contributed by atoms with E-state index in [1.54, 1.807) is 21.3 Å².